The molecule has 426 valence electrons. The van der Waals surface area contributed by atoms with Crippen LogP contribution in [0.25, 0.3) is 0 Å². The molecule has 0 aromatic carbocycles. The second kappa shape index (κ2) is 55.5. The Balaban J connectivity index is 3.93. The molecule has 0 aromatic heterocycles. The summed E-state index contributed by atoms with van der Waals surface area (Å²) >= 11 is 0. The summed E-state index contributed by atoms with van der Waals surface area (Å²) in [5.41, 5.74) is 0. The predicted molar refractivity (Wildman–Crippen MR) is 309 cm³/mol. The molecule has 0 amide bonds. The number of hydrogen-bond donors (Lipinski definition) is 1. The quantitative estimate of drug-likeness (QED) is 0.0211. The van der Waals surface area contributed by atoms with Crippen LogP contribution < -0.4 is 0 Å². The van der Waals surface area contributed by atoms with E-state index >= 15 is 0 Å². The fraction of sp³-hybridized carbons (Fsp3) is 0.828. The first kappa shape index (κ1) is 70.2. The minimum atomic E-state index is -1.51. The Kier molecular flexibility index (Phi) is 53.4. The van der Waals surface area contributed by atoms with Gasteiger partial charge in [-0.1, -0.05) is 268 Å². The highest BCUT2D eigenvalue weighted by Gasteiger charge is 2.25. The number of carbonyl (C=O) groups excluding carboxylic acids is 2. The van der Waals surface area contributed by atoms with Gasteiger partial charge < -0.3 is 28.5 Å². The van der Waals surface area contributed by atoms with Gasteiger partial charge in [-0.15, -0.1) is 0 Å². The highest BCUT2D eigenvalue weighted by atomic mass is 16.7. The molecule has 0 aromatic rings. The van der Waals surface area contributed by atoms with Crippen LogP contribution in [0.3, 0.4) is 0 Å². The van der Waals surface area contributed by atoms with Crippen molar-refractivity contribution in [2.24, 2.45) is 0 Å². The number of unbranched alkanes of at least 4 members (excludes halogenated alkanes) is 34. The van der Waals surface area contributed by atoms with Crippen molar-refractivity contribution in [2.75, 3.05) is 47.5 Å². The molecule has 73 heavy (non-hydrogen) atoms. The summed E-state index contributed by atoms with van der Waals surface area (Å²) in [7, 11) is 5.97. The molecule has 0 saturated carbocycles. The van der Waals surface area contributed by atoms with Crippen molar-refractivity contribution in [3.05, 3.63) is 48.6 Å². The summed E-state index contributed by atoms with van der Waals surface area (Å²) < 4.78 is 22.8. The lowest BCUT2D eigenvalue weighted by atomic mass is 10.0. The molecular formula is C64H118NO8+. The maximum absolute atomic E-state index is 12.9. The second-order valence-corrected chi connectivity index (χ2v) is 22.0. The summed E-state index contributed by atoms with van der Waals surface area (Å²) in [6, 6.07) is 0. The molecule has 0 aliphatic rings. The van der Waals surface area contributed by atoms with Crippen LogP contribution >= 0.6 is 0 Å². The number of carboxylic acid groups (broad SMARTS) is 1. The molecule has 0 aliphatic carbocycles. The van der Waals surface area contributed by atoms with Gasteiger partial charge >= 0.3 is 17.9 Å². The van der Waals surface area contributed by atoms with Crippen LogP contribution in [-0.2, 0) is 33.3 Å². The molecule has 0 rings (SSSR count). The zero-order chi connectivity index (χ0) is 53.4. The summed E-state index contributed by atoms with van der Waals surface area (Å²) in [5, 5.41) is 9.68. The summed E-state index contributed by atoms with van der Waals surface area (Å²) in [6.45, 7) is 4.79. The number of carboxylic acids is 1. The number of aliphatic carboxylic acids is 1. The van der Waals surface area contributed by atoms with Crippen molar-refractivity contribution in [1.29, 1.82) is 0 Å². The van der Waals surface area contributed by atoms with Crippen molar-refractivity contribution in [3.63, 3.8) is 0 Å². The molecule has 0 bridgehead atoms. The minimum absolute atomic E-state index is 0.176. The van der Waals surface area contributed by atoms with Gasteiger partial charge in [0, 0.05) is 12.8 Å². The van der Waals surface area contributed by atoms with Crippen LogP contribution in [-0.4, -0.2) is 87.4 Å². The number of likely N-dealkylation sites (N-methyl/N-ethyl adjacent to an activating group) is 1. The van der Waals surface area contributed by atoms with Crippen molar-refractivity contribution in [2.45, 2.75) is 296 Å². The highest BCUT2D eigenvalue weighted by Crippen LogP contribution is 2.18. The average molecular weight is 1030 g/mol. The van der Waals surface area contributed by atoms with E-state index in [9.17, 15) is 19.5 Å². The van der Waals surface area contributed by atoms with E-state index in [0.717, 1.165) is 64.2 Å². The van der Waals surface area contributed by atoms with Gasteiger partial charge in [-0.2, -0.15) is 0 Å². The number of carbonyl (C=O) groups is 3. The monoisotopic (exact) mass is 1030 g/mol. The second-order valence-electron chi connectivity index (χ2n) is 22.0. The van der Waals surface area contributed by atoms with Gasteiger partial charge in [0.05, 0.1) is 34.4 Å². The first-order valence-electron chi connectivity index (χ1n) is 30.8. The lowest BCUT2D eigenvalue weighted by Gasteiger charge is -2.25. The summed E-state index contributed by atoms with van der Waals surface area (Å²) in [6.07, 6.45) is 66.6. The van der Waals surface area contributed by atoms with Crippen molar-refractivity contribution < 1.29 is 42.9 Å². The molecule has 0 aliphatic heterocycles. The lowest BCUT2D eigenvalue weighted by molar-refractivity contribution is -0.870. The lowest BCUT2D eigenvalue weighted by Crippen LogP contribution is -2.40. The Labute approximate surface area is 451 Å². The molecule has 2 atom stereocenters. The number of allylic oxidation sites excluding steroid dienone is 8. The van der Waals surface area contributed by atoms with Gasteiger partial charge in [0.2, 0.25) is 0 Å². The molecule has 0 saturated heterocycles. The topological polar surface area (TPSA) is 108 Å². The first-order valence-corrected chi connectivity index (χ1v) is 30.8. The van der Waals surface area contributed by atoms with Gasteiger partial charge in [0.1, 0.15) is 13.2 Å². The third-order valence-electron chi connectivity index (χ3n) is 13.6. The van der Waals surface area contributed by atoms with Crippen LogP contribution in [0.5, 0.6) is 0 Å². The van der Waals surface area contributed by atoms with Gasteiger partial charge in [0.15, 0.2) is 6.10 Å². The van der Waals surface area contributed by atoms with Crippen LogP contribution in [0, 0.1) is 0 Å². The van der Waals surface area contributed by atoms with Crippen LogP contribution in [0.2, 0.25) is 0 Å². The normalized spacial score (nSPS) is 13.1. The maximum atomic E-state index is 12.9. The van der Waals surface area contributed by atoms with Gasteiger partial charge in [0.25, 0.3) is 6.29 Å². The molecule has 0 spiro atoms. The Morgan fingerprint density at radius 1 is 0.425 bits per heavy atom. The van der Waals surface area contributed by atoms with Crippen LogP contribution in [0.1, 0.15) is 284 Å². The van der Waals surface area contributed by atoms with Gasteiger partial charge in [-0.25, -0.2) is 4.79 Å². The van der Waals surface area contributed by atoms with E-state index in [0.29, 0.717) is 17.4 Å². The van der Waals surface area contributed by atoms with Crippen molar-refractivity contribution in [3.8, 4) is 0 Å². The fourth-order valence-corrected chi connectivity index (χ4v) is 8.89. The average Bonchev–Trinajstić information content (AvgIpc) is 3.36. The number of quaternary nitrogens is 1. The Hall–Kier alpha value is -2.75. The molecule has 0 heterocycles. The van der Waals surface area contributed by atoms with Gasteiger partial charge in [-0.3, -0.25) is 9.59 Å². The fourth-order valence-electron chi connectivity index (χ4n) is 8.89. The number of rotatable bonds is 57. The molecular weight excluding hydrogens is 911 g/mol. The first-order chi connectivity index (χ1) is 35.6. The molecule has 0 radical (unpaired) electrons. The van der Waals surface area contributed by atoms with Crippen molar-refractivity contribution in [1.82, 2.24) is 0 Å². The standard InChI is InChI=1S/C64H117NO8/c1-6-8-10-12-14-16-18-19-20-21-22-23-24-25-26-27-28-29-30-31-32-33-34-35-36-37-38-39-40-41-42-43-45-47-49-51-53-55-62(67)73-60(59-72-64(63(68)69)70-57-56-65(3,4)5)58-71-61(66)54-52-50-48-46-44-17-15-13-11-9-7-2/h8,10,14,16,19-20,22-23,60,64H,6-7,9,11-13,15,17-18,21,24-59H2,1-5H3/p+1/b10-8-,16-14-,20-19-,23-22-. The van der Waals surface area contributed by atoms with E-state index in [1.54, 1.807) is 0 Å². The molecule has 9 nitrogen and oxygen atoms in total. The maximum Gasteiger partial charge on any atom is 0.361 e. The summed E-state index contributed by atoms with van der Waals surface area (Å²) in [5.74, 6) is -1.99. The molecule has 1 N–H and O–H groups in total. The number of esters is 2. The van der Waals surface area contributed by atoms with Crippen LogP contribution in [0.15, 0.2) is 48.6 Å². The summed E-state index contributed by atoms with van der Waals surface area (Å²) in [4.78, 5) is 37.3. The van der Waals surface area contributed by atoms with E-state index in [1.807, 2.05) is 21.1 Å². The molecule has 9 heteroatoms. The number of hydrogen-bond acceptors (Lipinski definition) is 7. The largest absolute Gasteiger partial charge is 0.477 e. The zero-order valence-electron chi connectivity index (χ0n) is 48.6. The smallest absolute Gasteiger partial charge is 0.361 e. The van der Waals surface area contributed by atoms with E-state index in [4.69, 9.17) is 18.9 Å². The van der Waals surface area contributed by atoms with Crippen molar-refractivity contribution >= 4 is 17.9 Å². The highest BCUT2D eigenvalue weighted by molar-refractivity contribution is 5.71. The molecule has 2 unspecified atom stereocenters. The predicted octanol–water partition coefficient (Wildman–Crippen LogP) is 18.2. The Morgan fingerprint density at radius 3 is 1.16 bits per heavy atom. The third kappa shape index (κ3) is 56.8. The Morgan fingerprint density at radius 2 is 0.781 bits per heavy atom. The van der Waals surface area contributed by atoms with E-state index in [-0.39, 0.29) is 38.2 Å². The third-order valence-corrected chi connectivity index (χ3v) is 13.6. The SMILES string of the molecule is CC/C=C\C/C=C\C/C=C\C/C=C\CCCCCCCCCCCCCCCCCCCCCCCCCCC(=O)OC(COC(=O)CCCCCCCCCCCCC)COC(OCC[N+](C)(C)C)C(=O)O. The van der Waals surface area contributed by atoms with E-state index < -0.39 is 18.4 Å². The zero-order valence-corrected chi connectivity index (χ0v) is 48.6. The number of ether oxygens (including phenoxy) is 4. The van der Waals surface area contributed by atoms with Gasteiger partial charge in [-0.05, 0) is 51.4 Å². The molecule has 0 fully saturated rings. The van der Waals surface area contributed by atoms with Crippen LogP contribution in [0.4, 0.5) is 0 Å². The van der Waals surface area contributed by atoms with E-state index in [1.165, 1.54) is 193 Å². The van der Waals surface area contributed by atoms with E-state index in [2.05, 4.69) is 62.5 Å². The minimum Gasteiger partial charge on any atom is -0.477 e. The Bertz CT molecular complexity index is 1340. The number of nitrogens with zero attached hydrogens (tertiary/aromatic N) is 1.